The number of aryl methyl sites for hydroxylation is 1. The van der Waals surface area contributed by atoms with Crippen LogP contribution < -0.4 is 16.4 Å². The molecule has 0 aromatic heterocycles. The maximum atomic E-state index is 11.4. The Bertz CT molecular complexity index is 667. The fourth-order valence-corrected chi connectivity index (χ4v) is 2.73. The number of carbonyl (C=O) groups excluding carboxylic acids is 1. The van der Waals surface area contributed by atoms with Gasteiger partial charge in [0.25, 0.3) is 5.91 Å². The van der Waals surface area contributed by atoms with E-state index < -0.39 is 5.91 Å². The number of carbonyl (C=O) groups is 1. The normalized spacial score (nSPS) is 13.9. The summed E-state index contributed by atoms with van der Waals surface area (Å²) < 4.78 is 0. The van der Waals surface area contributed by atoms with Crippen molar-refractivity contribution in [3.05, 3.63) is 53.6 Å². The Balaban J connectivity index is 2.07. The Morgan fingerprint density at radius 1 is 1.15 bits per heavy atom. The highest BCUT2D eigenvalue weighted by Gasteiger charge is 2.19. The van der Waals surface area contributed by atoms with Crippen molar-refractivity contribution in [3.8, 4) is 0 Å². The maximum absolute atomic E-state index is 11.4. The highest BCUT2D eigenvalue weighted by molar-refractivity contribution is 5.99. The summed E-state index contributed by atoms with van der Waals surface area (Å²) in [6, 6.07) is 13.8. The van der Waals surface area contributed by atoms with Crippen LogP contribution in [0, 0.1) is 0 Å². The lowest BCUT2D eigenvalue weighted by Gasteiger charge is -2.31. The summed E-state index contributed by atoms with van der Waals surface area (Å²) in [5.74, 6) is -0.491. The molecule has 0 fully saturated rings. The Morgan fingerprint density at radius 2 is 1.95 bits per heavy atom. The molecule has 0 aliphatic carbocycles. The van der Waals surface area contributed by atoms with Crippen molar-refractivity contribution >= 4 is 23.0 Å². The number of fused-ring (bicyclic) bond motifs is 1. The Kier molecular flexibility index (Phi) is 3.06. The monoisotopic (exact) mass is 267 g/mol. The third-order valence-corrected chi connectivity index (χ3v) is 3.72. The zero-order valence-corrected chi connectivity index (χ0v) is 11.2. The van der Waals surface area contributed by atoms with E-state index in [4.69, 9.17) is 11.5 Å². The average Bonchev–Trinajstić information content (AvgIpc) is 2.47. The molecule has 0 radical (unpaired) electrons. The van der Waals surface area contributed by atoms with E-state index in [1.807, 2.05) is 12.1 Å². The van der Waals surface area contributed by atoms with Gasteiger partial charge in [-0.05, 0) is 42.7 Å². The van der Waals surface area contributed by atoms with Gasteiger partial charge in [-0.25, -0.2) is 0 Å². The summed E-state index contributed by atoms with van der Waals surface area (Å²) in [5.41, 5.74) is 15.5. The van der Waals surface area contributed by atoms with E-state index >= 15 is 0 Å². The second kappa shape index (κ2) is 4.89. The number of nitrogens with two attached hydrogens (primary N) is 2. The summed E-state index contributed by atoms with van der Waals surface area (Å²) in [4.78, 5) is 13.6. The minimum atomic E-state index is -0.491. The van der Waals surface area contributed by atoms with E-state index in [1.165, 1.54) is 11.3 Å². The number of amides is 1. The number of rotatable bonds is 2. The SMILES string of the molecule is NC(=O)c1cc(N2CCCc3ccccc32)ccc1N. The smallest absolute Gasteiger partial charge is 0.250 e. The number of para-hydroxylation sites is 1. The molecule has 2 aromatic carbocycles. The Hall–Kier alpha value is -2.49. The Labute approximate surface area is 118 Å². The van der Waals surface area contributed by atoms with Gasteiger partial charge in [-0.1, -0.05) is 18.2 Å². The van der Waals surface area contributed by atoms with Crippen molar-refractivity contribution in [2.75, 3.05) is 17.2 Å². The molecule has 20 heavy (non-hydrogen) atoms. The second-order valence-corrected chi connectivity index (χ2v) is 5.02. The number of primary amides is 1. The van der Waals surface area contributed by atoms with Crippen molar-refractivity contribution < 1.29 is 4.79 Å². The highest BCUT2D eigenvalue weighted by Crippen LogP contribution is 2.34. The van der Waals surface area contributed by atoms with Crippen molar-refractivity contribution in [1.29, 1.82) is 0 Å². The molecule has 1 aliphatic heterocycles. The van der Waals surface area contributed by atoms with Gasteiger partial charge in [0.05, 0.1) is 5.56 Å². The first-order chi connectivity index (χ1) is 9.66. The first-order valence-corrected chi connectivity index (χ1v) is 6.71. The van der Waals surface area contributed by atoms with Crippen LogP contribution in [0.15, 0.2) is 42.5 Å². The maximum Gasteiger partial charge on any atom is 0.250 e. The van der Waals surface area contributed by atoms with Gasteiger partial charge in [0.15, 0.2) is 0 Å². The highest BCUT2D eigenvalue weighted by atomic mass is 16.1. The number of hydrogen-bond acceptors (Lipinski definition) is 3. The van der Waals surface area contributed by atoms with Crippen LogP contribution in [-0.4, -0.2) is 12.5 Å². The van der Waals surface area contributed by atoms with Gasteiger partial charge in [0, 0.05) is 23.6 Å². The van der Waals surface area contributed by atoms with Gasteiger partial charge >= 0.3 is 0 Å². The van der Waals surface area contributed by atoms with Crippen LogP contribution in [0.5, 0.6) is 0 Å². The summed E-state index contributed by atoms with van der Waals surface area (Å²) in [6.07, 6.45) is 2.18. The second-order valence-electron chi connectivity index (χ2n) is 5.02. The van der Waals surface area contributed by atoms with Gasteiger partial charge in [-0.15, -0.1) is 0 Å². The van der Waals surface area contributed by atoms with Gasteiger partial charge in [0.2, 0.25) is 0 Å². The van der Waals surface area contributed by atoms with E-state index in [1.54, 1.807) is 12.1 Å². The summed E-state index contributed by atoms with van der Waals surface area (Å²) in [6.45, 7) is 0.930. The molecule has 102 valence electrons. The number of hydrogen-bond donors (Lipinski definition) is 2. The summed E-state index contributed by atoms with van der Waals surface area (Å²) in [7, 11) is 0. The lowest BCUT2D eigenvalue weighted by molar-refractivity contribution is 0.100. The molecule has 0 spiro atoms. The fourth-order valence-electron chi connectivity index (χ4n) is 2.73. The van der Waals surface area contributed by atoms with E-state index in [0.29, 0.717) is 11.3 Å². The van der Waals surface area contributed by atoms with Crippen molar-refractivity contribution in [2.24, 2.45) is 5.73 Å². The predicted octanol–water partition coefficient (Wildman–Crippen LogP) is 2.45. The summed E-state index contributed by atoms with van der Waals surface area (Å²) >= 11 is 0. The van der Waals surface area contributed by atoms with Crippen molar-refractivity contribution in [2.45, 2.75) is 12.8 Å². The van der Waals surface area contributed by atoms with Crippen LogP contribution in [-0.2, 0) is 6.42 Å². The fraction of sp³-hybridized carbons (Fsp3) is 0.188. The lowest BCUT2D eigenvalue weighted by atomic mass is 10.0. The third kappa shape index (κ3) is 2.09. The first kappa shape index (κ1) is 12.5. The minimum Gasteiger partial charge on any atom is -0.398 e. The minimum absolute atomic E-state index is 0.380. The number of anilines is 3. The quantitative estimate of drug-likeness (QED) is 0.821. The molecule has 0 unspecified atom stereocenters. The molecule has 0 atom stereocenters. The van der Waals surface area contributed by atoms with E-state index in [9.17, 15) is 4.79 Å². The average molecular weight is 267 g/mol. The molecule has 4 N–H and O–H groups in total. The van der Waals surface area contributed by atoms with E-state index in [-0.39, 0.29) is 0 Å². The van der Waals surface area contributed by atoms with Gasteiger partial charge in [0.1, 0.15) is 0 Å². The topological polar surface area (TPSA) is 72.4 Å². The van der Waals surface area contributed by atoms with Crippen LogP contribution in [0.4, 0.5) is 17.1 Å². The van der Waals surface area contributed by atoms with Crippen LogP contribution in [0.1, 0.15) is 22.3 Å². The summed E-state index contributed by atoms with van der Waals surface area (Å²) in [5, 5.41) is 0. The van der Waals surface area contributed by atoms with Gasteiger partial charge in [-0.2, -0.15) is 0 Å². The van der Waals surface area contributed by atoms with Gasteiger partial charge in [-0.3, -0.25) is 4.79 Å². The molecular formula is C16H17N3O. The molecule has 1 amide bonds. The molecule has 2 aromatic rings. The number of nitrogens with zero attached hydrogens (tertiary/aromatic N) is 1. The van der Waals surface area contributed by atoms with Gasteiger partial charge < -0.3 is 16.4 Å². The lowest BCUT2D eigenvalue weighted by Crippen LogP contribution is -2.25. The molecule has 0 saturated carbocycles. The predicted molar refractivity (Wildman–Crippen MR) is 81.1 cm³/mol. The molecular weight excluding hydrogens is 250 g/mol. The van der Waals surface area contributed by atoms with Crippen LogP contribution in [0.3, 0.4) is 0 Å². The van der Waals surface area contributed by atoms with Crippen LogP contribution in [0.25, 0.3) is 0 Å². The van der Waals surface area contributed by atoms with Crippen molar-refractivity contribution in [1.82, 2.24) is 0 Å². The first-order valence-electron chi connectivity index (χ1n) is 6.71. The molecule has 4 nitrogen and oxygen atoms in total. The molecule has 4 heteroatoms. The third-order valence-electron chi connectivity index (χ3n) is 3.72. The molecule has 1 aliphatic rings. The van der Waals surface area contributed by atoms with Crippen molar-refractivity contribution in [3.63, 3.8) is 0 Å². The van der Waals surface area contributed by atoms with E-state index in [0.717, 1.165) is 25.1 Å². The Morgan fingerprint density at radius 3 is 2.75 bits per heavy atom. The standard InChI is InChI=1S/C16H17N3O/c17-14-8-7-12(10-13(14)16(18)20)19-9-3-5-11-4-1-2-6-15(11)19/h1-2,4,6-8,10H,3,5,9,17H2,(H2,18,20). The molecule has 0 saturated heterocycles. The molecule has 3 rings (SSSR count). The van der Waals surface area contributed by atoms with Crippen LogP contribution in [0.2, 0.25) is 0 Å². The zero-order valence-electron chi connectivity index (χ0n) is 11.2. The van der Waals surface area contributed by atoms with Crippen LogP contribution >= 0.6 is 0 Å². The van der Waals surface area contributed by atoms with E-state index in [2.05, 4.69) is 23.1 Å². The molecule has 0 bridgehead atoms. The largest absolute Gasteiger partial charge is 0.398 e. The number of benzene rings is 2. The number of nitrogen functional groups attached to an aromatic ring is 1. The zero-order chi connectivity index (χ0) is 14.1. The molecule has 1 heterocycles.